The number of fused-ring (bicyclic) bond motifs is 9. The van der Waals surface area contributed by atoms with Crippen LogP contribution >= 0.6 is 11.3 Å². The second-order valence-electron chi connectivity index (χ2n) is 13.2. The number of pyridine rings is 1. The zero-order valence-electron chi connectivity index (χ0n) is 27.5. The molecule has 51 heavy (non-hydrogen) atoms. The van der Waals surface area contributed by atoms with Crippen LogP contribution in [-0.4, -0.2) is 14.1 Å². The van der Waals surface area contributed by atoms with Crippen LogP contribution in [0.4, 0.5) is 0 Å². The molecule has 0 bridgehead atoms. The third kappa shape index (κ3) is 4.27. The molecule has 0 aliphatic carbocycles. The van der Waals surface area contributed by atoms with Gasteiger partial charge in [-0.05, 0) is 89.0 Å². The number of nitrogens with zero attached hydrogens (tertiary/aromatic N) is 3. The first-order valence-corrected chi connectivity index (χ1v) is 18.1. The Labute approximate surface area is 297 Å². The molecule has 0 saturated heterocycles. The monoisotopic (exact) mass is 667 g/mol. The second-order valence-corrected chi connectivity index (χ2v) is 14.2. The van der Waals surface area contributed by atoms with Gasteiger partial charge in [-0.15, -0.1) is 11.3 Å². The summed E-state index contributed by atoms with van der Waals surface area (Å²) in [5.41, 5.74) is 12.0. The van der Waals surface area contributed by atoms with E-state index in [1.807, 2.05) is 12.3 Å². The van der Waals surface area contributed by atoms with Crippen molar-refractivity contribution in [3.05, 3.63) is 176 Å². The van der Waals surface area contributed by atoms with E-state index in [9.17, 15) is 0 Å². The van der Waals surface area contributed by atoms with E-state index >= 15 is 0 Å². The molecule has 0 fully saturated rings. The highest BCUT2D eigenvalue weighted by Gasteiger charge is 2.17. The lowest BCUT2D eigenvalue weighted by Crippen LogP contribution is -1.96. The first kappa shape index (κ1) is 28.4. The molecule has 0 atom stereocenters. The number of para-hydroxylation sites is 3. The first-order valence-electron chi connectivity index (χ1n) is 17.3. The molecule has 0 saturated carbocycles. The fraction of sp³-hybridized carbons (Fsp3) is 0. The summed E-state index contributed by atoms with van der Waals surface area (Å²) in [4.78, 5) is 5.73. The van der Waals surface area contributed by atoms with Crippen LogP contribution in [0.2, 0.25) is 0 Å². The second kappa shape index (κ2) is 11.0. The van der Waals surface area contributed by atoms with Crippen molar-refractivity contribution in [2.75, 3.05) is 0 Å². The third-order valence-electron chi connectivity index (χ3n) is 10.4. The lowest BCUT2D eigenvalue weighted by Gasteiger charge is -2.12. The lowest BCUT2D eigenvalue weighted by molar-refractivity contribution is 1.17. The molecule has 7 aromatic carbocycles. The summed E-state index contributed by atoms with van der Waals surface area (Å²) >= 11 is 1.77. The summed E-state index contributed by atoms with van der Waals surface area (Å²) < 4.78 is 6.10. The number of thiophene rings is 1. The third-order valence-corrected chi connectivity index (χ3v) is 11.5. The highest BCUT2D eigenvalue weighted by Crippen LogP contribution is 2.41. The minimum atomic E-state index is 1.08. The van der Waals surface area contributed by atoms with E-state index < -0.39 is 0 Å². The van der Waals surface area contributed by atoms with Gasteiger partial charge in [0.2, 0.25) is 0 Å². The van der Waals surface area contributed by atoms with E-state index in [0.717, 1.165) is 16.2 Å². The molecule has 0 spiro atoms. The zero-order valence-corrected chi connectivity index (χ0v) is 28.3. The molecule has 4 aromatic heterocycles. The van der Waals surface area contributed by atoms with Crippen molar-refractivity contribution < 1.29 is 0 Å². The van der Waals surface area contributed by atoms with Gasteiger partial charge in [-0.3, -0.25) is 0 Å². The average Bonchev–Trinajstić information content (AvgIpc) is 3.86. The number of aromatic nitrogens is 3. The molecule has 0 unspecified atom stereocenters. The molecule has 11 aromatic rings. The number of hydrogen-bond donors (Lipinski definition) is 0. The van der Waals surface area contributed by atoms with Gasteiger partial charge in [0.05, 0.1) is 22.1 Å². The van der Waals surface area contributed by atoms with E-state index in [1.165, 1.54) is 81.3 Å². The molecule has 0 radical (unpaired) electrons. The minimum absolute atomic E-state index is 1.08. The highest BCUT2D eigenvalue weighted by molar-refractivity contribution is 7.26. The van der Waals surface area contributed by atoms with Gasteiger partial charge in [0, 0.05) is 54.6 Å². The Kier molecular flexibility index (Phi) is 6.12. The lowest BCUT2D eigenvalue weighted by atomic mass is 9.98. The number of hydrogen-bond acceptors (Lipinski definition) is 2. The first-order chi connectivity index (χ1) is 25.3. The van der Waals surface area contributed by atoms with Crippen LogP contribution in [0.15, 0.2) is 176 Å². The smallest absolute Gasteiger partial charge is 0.124 e. The van der Waals surface area contributed by atoms with Crippen molar-refractivity contribution in [1.82, 2.24) is 14.1 Å². The zero-order chi connectivity index (χ0) is 33.5. The van der Waals surface area contributed by atoms with Crippen molar-refractivity contribution >= 4 is 75.3 Å². The SMILES string of the molecule is c1cc(-c2cccc(-n3c4ccccc4c4cc(-n5c6ccccc6c6ccccc65)ccc43)c2)cc(-c2cccc3c2sc2ncccc23)c1. The quantitative estimate of drug-likeness (QED) is 0.183. The Balaban J connectivity index is 1.06. The van der Waals surface area contributed by atoms with Crippen LogP contribution in [0.1, 0.15) is 0 Å². The standard InChI is InChI=1S/C47H29N3S/c1-4-21-42-36(15-1)37-16-2-5-22-43(37)50(42)34-24-25-45-41(29-34)38-17-3-6-23-44(38)49(45)33-14-8-12-31(28-33)30-11-7-13-32(27-30)35-18-9-19-39-40-20-10-26-48-47(40)51-46(35)39/h1-29H. The average molecular weight is 668 g/mol. The van der Waals surface area contributed by atoms with Crippen molar-refractivity contribution in [3.63, 3.8) is 0 Å². The molecular weight excluding hydrogens is 639 g/mol. The Bertz CT molecular complexity index is 3100. The molecule has 11 rings (SSSR count). The van der Waals surface area contributed by atoms with Gasteiger partial charge in [0.15, 0.2) is 0 Å². The highest BCUT2D eigenvalue weighted by atomic mass is 32.1. The maximum atomic E-state index is 4.65. The van der Waals surface area contributed by atoms with Gasteiger partial charge in [-0.1, -0.05) is 103 Å². The molecule has 0 aliphatic heterocycles. The van der Waals surface area contributed by atoms with Gasteiger partial charge < -0.3 is 9.13 Å². The minimum Gasteiger partial charge on any atom is -0.309 e. The van der Waals surface area contributed by atoms with Crippen molar-refractivity contribution in [1.29, 1.82) is 0 Å². The van der Waals surface area contributed by atoms with Crippen molar-refractivity contribution in [3.8, 4) is 33.6 Å². The van der Waals surface area contributed by atoms with Gasteiger partial charge in [0.1, 0.15) is 4.83 Å². The van der Waals surface area contributed by atoms with Crippen LogP contribution in [0, 0.1) is 0 Å². The van der Waals surface area contributed by atoms with Crippen LogP contribution in [0.3, 0.4) is 0 Å². The van der Waals surface area contributed by atoms with E-state index in [1.54, 1.807) is 11.3 Å². The molecule has 4 heteroatoms. The number of benzene rings is 7. The summed E-state index contributed by atoms with van der Waals surface area (Å²) in [6, 6.07) is 61.9. The van der Waals surface area contributed by atoms with Gasteiger partial charge in [-0.2, -0.15) is 0 Å². The topological polar surface area (TPSA) is 22.8 Å². The van der Waals surface area contributed by atoms with Crippen LogP contribution in [0.25, 0.3) is 97.5 Å². The molecule has 4 heterocycles. The molecule has 0 aliphatic rings. The molecule has 3 nitrogen and oxygen atoms in total. The summed E-state index contributed by atoms with van der Waals surface area (Å²) in [6.07, 6.45) is 1.88. The van der Waals surface area contributed by atoms with Crippen molar-refractivity contribution in [2.24, 2.45) is 0 Å². The Morgan fingerprint density at radius 1 is 0.373 bits per heavy atom. The normalized spacial score (nSPS) is 11.9. The van der Waals surface area contributed by atoms with E-state index in [2.05, 4.69) is 178 Å². The van der Waals surface area contributed by atoms with Crippen LogP contribution in [0.5, 0.6) is 0 Å². The van der Waals surface area contributed by atoms with Gasteiger partial charge in [0.25, 0.3) is 0 Å². The van der Waals surface area contributed by atoms with E-state index in [-0.39, 0.29) is 0 Å². The Morgan fingerprint density at radius 2 is 0.922 bits per heavy atom. The summed E-state index contributed by atoms with van der Waals surface area (Å²) in [6.45, 7) is 0. The fourth-order valence-electron chi connectivity index (χ4n) is 8.13. The predicted molar refractivity (Wildman–Crippen MR) is 217 cm³/mol. The predicted octanol–water partition coefficient (Wildman–Crippen LogP) is 13.0. The molecule has 0 amide bonds. The van der Waals surface area contributed by atoms with E-state index in [4.69, 9.17) is 0 Å². The van der Waals surface area contributed by atoms with Gasteiger partial charge in [-0.25, -0.2) is 4.98 Å². The van der Waals surface area contributed by atoms with Crippen LogP contribution < -0.4 is 0 Å². The fourth-order valence-corrected chi connectivity index (χ4v) is 9.31. The van der Waals surface area contributed by atoms with Crippen molar-refractivity contribution in [2.45, 2.75) is 0 Å². The Hall–Kier alpha value is -6.49. The molecular formula is C47H29N3S. The van der Waals surface area contributed by atoms with Crippen LogP contribution in [-0.2, 0) is 0 Å². The summed E-state index contributed by atoms with van der Waals surface area (Å²) in [5, 5.41) is 7.51. The number of rotatable bonds is 4. The molecule has 238 valence electrons. The summed E-state index contributed by atoms with van der Waals surface area (Å²) in [5.74, 6) is 0. The molecule has 0 N–H and O–H groups in total. The maximum absolute atomic E-state index is 4.65. The summed E-state index contributed by atoms with van der Waals surface area (Å²) in [7, 11) is 0. The van der Waals surface area contributed by atoms with Gasteiger partial charge >= 0.3 is 0 Å². The van der Waals surface area contributed by atoms with E-state index in [0.29, 0.717) is 0 Å². The largest absolute Gasteiger partial charge is 0.309 e. The maximum Gasteiger partial charge on any atom is 0.124 e. The Morgan fingerprint density at radius 3 is 1.67 bits per heavy atom.